The molecule has 0 rings (SSSR count). The minimum absolute atomic E-state index is 0.0379. The molecule has 0 saturated carbocycles. The Morgan fingerprint density at radius 1 is 1.33 bits per heavy atom. The van der Waals surface area contributed by atoms with Crippen LogP contribution in [0.25, 0.3) is 0 Å². The summed E-state index contributed by atoms with van der Waals surface area (Å²) in [5.74, 6) is 0.0379. The average Bonchev–Trinajstić information content (AvgIpc) is 2.02. The molecule has 0 radical (unpaired) electrons. The van der Waals surface area contributed by atoms with E-state index in [1.807, 2.05) is 34.6 Å². The average molecular weight is 214 g/mol. The van der Waals surface area contributed by atoms with Crippen LogP contribution in [0.3, 0.4) is 0 Å². The molecule has 0 heterocycles. The van der Waals surface area contributed by atoms with Crippen LogP contribution in [0.1, 0.15) is 54.4 Å². The number of rotatable bonds is 5. The van der Waals surface area contributed by atoms with Crippen LogP contribution in [0.15, 0.2) is 0 Å². The summed E-state index contributed by atoms with van der Waals surface area (Å²) in [6.07, 6.45) is 2.08. The molecule has 1 unspecified atom stereocenters. The highest BCUT2D eigenvalue weighted by Crippen LogP contribution is 2.28. The molecule has 1 atom stereocenters. The number of hydrogen-bond acceptors (Lipinski definition) is 2. The molecule has 1 amide bonds. The molecular weight excluding hydrogens is 188 g/mol. The van der Waals surface area contributed by atoms with Gasteiger partial charge in [-0.2, -0.15) is 0 Å². The molecule has 0 spiro atoms. The van der Waals surface area contributed by atoms with E-state index in [1.54, 1.807) is 0 Å². The first-order chi connectivity index (χ1) is 6.63. The minimum Gasteiger partial charge on any atom is -0.353 e. The first kappa shape index (κ1) is 14.4. The molecule has 0 aliphatic rings. The highest BCUT2D eigenvalue weighted by molar-refractivity contribution is 5.83. The standard InChI is InChI=1S/C12H26N2O/c1-7-8-9(2)14-10(15)11(3,4)12(5,6)13/h9H,7-8,13H2,1-6H3,(H,14,15). The predicted octanol–water partition coefficient (Wildman–Crippen LogP) is 2.05. The zero-order chi connectivity index (χ0) is 12.3. The van der Waals surface area contributed by atoms with E-state index in [4.69, 9.17) is 5.73 Å². The Bertz CT molecular complexity index is 216. The molecule has 3 N–H and O–H groups in total. The number of nitrogens with one attached hydrogen (secondary N) is 1. The maximum Gasteiger partial charge on any atom is 0.227 e. The van der Waals surface area contributed by atoms with E-state index in [2.05, 4.69) is 12.2 Å². The molecule has 3 heteroatoms. The third kappa shape index (κ3) is 3.82. The molecule has 0 bridgehead atoms. The zero-order valence-corrected chi connectivity index (χ0v) is 11.0. The van der Waals surface area contributed by atoms with E-state index in [-0.39, 0.29) is 11.9 Å². The Morgan fingerprint density at radius 2 is 1.80 bits per heavy atom. The number of carbonyl (C=O) groups is 1. The summed E-state index contributed by atoms with van der Waals surface area (Å²) in [5, 5.41) is 3.01. The maximum atomic E-state index is 12.0. The second-order valence-corrected chi connectivity index (χ2v) is 5.51. The molecule has 0 saturated heterocycles. The highest BCUT2D eigenvalue weighted by Gasteiger charge is 2.40. The molecule has 0 aliphatic heterocycles. The lowest BCUT2D eigenvalue weighted by atomic mass is 9.74. The Balaban J connectivity index is 4.45. The van der Waals surface area contributed by atoms with E-state index in [0.29, 0.717) is 0 Å². The Kier molecular flexibility index (Phi) is 4.78. The van der Waals surface area contributed by atoms with Crippen molar-refractivity contribution in [3.63, 3.8) is 0 Å². The molecule has 0 aromatic rings. The smallest absolute Gasteiger partial charge is 0.227 e. The van der Waals surface area contributed by atoms with Crippen LogP contribution in [0.4, 0.5) is 0 Å². The van der Waals surface area contributed by atoms with Crippen molar-refractivity contribution in [1.29, 1.82) is 0 Å². The Labute approximate surface area is 93.8 Å². The number of hydrogen-bond donors (Lipinski definition) is 2. The van der Waals surface area contributed by atoms with Crippen LogP contribution in [0, 0.1) is 5.41 Å². The normalized spacial score (nSPS) is 14.9. The molecule has 15 heavy (non-hydrogen) atoms. The summed E-state index contributed by atoms with van der Waals surface area (Å²) in [6, 6.07) is 0.226. The summed E-state index contributed by atoms with van der Waals surface area (Å²) in [7, 11) is 0. The summed E-state index contributed by atoms with van der Waals surface area (Å²) in [5.41, 5.74) is 4.95. The minimum atomic E-state index is -0.547. The van der Waals surface area contributed by atoms with Crippen LogP contribution < -0.4 is 11.1 Å². The highest BCUT2D eigenvalue weighted by atomic mass is 16.2. The van der Waals surface area contributed by atoms with Crippen LogP contribution in [0.2, 0.25) is 0 Å². The summed E-state index contributed by atoms with van der Waals surface area (Å²) >= 11 is 0. The predicted molar refractivity (Wildman–Crippen MR) is 64.6 cm³/mol. The van der Waals surface area contributed by atoms with Crippen molar-refractivity contribution in [2.75, 3.05) is 0 Å². The van der Waals surface area contributed by atoms with Gasteiger partial charge in [0.25, 0.3) is 0 Å². The van der Waals surface area contributed by atoms with Crippen LogP contribution >= 0.6 is 0 Å². The van der Waals surface area contributed by atoms with E-state index in [0.717, 1.165) is 12.8 Å². The SMILES string of the molecule is CCCC(C)NC(=O)C(C)(C)C(C)(C)N. The van der Waals surface area contributed by atoms with Crippen LogP contribution in [0.5, 0.6) is 0 Å². The fourth-order valence-corrected chi connectivity index (χ4v) is 1.20. The fraction of sp³-hybridized carbons (Fsp3) is 0.917. The summed E-state index contributed by atoms with van der Waals surface area (Å²) in [6.45, 7) is 11.7. The number of carbonyl (C=O) groups excluding carboxylic acids is 1. The van der Waals surface area contributed by atoms with E-state index >= 15 is 0 Å². The van der Waals surface area contributed by atoms with Crippen LogP contribution in [-0.4, -0.2) is 17.5 Å². The largest absolute Gasteiger partial charge is 0.353 e. The van der Waals surface area contributed by atoms with Gasteiger partial charge in [0, 0.05) is 11.6 Å². The third-order valence-corrected chi connectivity index (χ3v) is 3.28. The quantitative estimate of drug-likeness (QED) is 0.736. The van der Waals surface area contributed by atoms with Gasteiger partial charge in [0.15, 0.2) is 0 Å². The van der Waals surface area contributed by atoms with Crippen molar-refractivity contribution in [2.45, 2.75) is 66.0 Å². The molecule has 0 fully saturated rings. The lowest BCUT2D eigenvalue weighted by Gasteiger charge is -2.37. The third-order valence-electron chi connectivity index (χ3n) is 3.28. The van der Waals surface area contributed by atoms with E-state index in [1.165, 1.54) is 0 Å². The van der Waals surface area contributed by atoms with Crippen molar-refractivity contribution in [3.05, 3.63) is 0 Å². The Morgan fingerprint density at radius 3 is 2.13 bits per heavy atom. The monoisotopic (exact) mass is 214 g/mol. The van der Waals surface area contributed by atoms with Gasteiger partial charge >= 0.3 is 0 Å². The van der Waals surface area contributed by atoms with Crippen LogP contribution in [-0.2, 0) is 4.79 Å². The van der Waals surface area contributed by atoms with Gasteiger partial charge in [-0.3, -0.25) is 4.79 Å². The summed E-state index contributed by atoms with van der Waals surface area (Å²) < 4.78 is 0. The second-order valence-electron chi connectivity index (χ2n) is 5.51. The zero-order valence-electron chi connectivity index (χ0n) is 11.0. The van der Waals surface area contributed by atoms with Gasteiger partial charge < -0.3 is 11.1 Å². The lowest BCUT2D eigenvalue weighted by molar-refractivity contribution is -0.132. The number of amides is 1. The van der Waals surface area contributed by atoms with Crippen molar-refractivity contribution >= 4 is 5.91 Å². The van der Waals surface area contributed by atoms with Gasteiger partial charge in [0.1, 0.15) is 0 Å². The first-order valence-corrected chi connectivity index (χ1v) is 5.72. The topological polar surface area (TPSA) is 55.1 Å². The second kappa shape index (κ2) is 4.97. The van der Waals surface area contributed by atoms with Gasteiger partial charge in [-0.25, -0.2) is 0 Å². The number of nitrogens with two attached hydrogens (primary N) is 1. The van der Waals surface area contributed by atoms with E-state index < -0.39 is 11.0 Å². The van der Waals surface area contributed by atoms with Gasteiger partial charge in [0.2, 0.25) is 5.91 Å². The van der Waals surface area contributed by atoms with Gasteiger partial charge in [0.05, 0.1) is 5.41 Å². The molecule has 3 nitrogen and oxygen atoms in total. The molecular formula is C12H26N2O. The van der Waals surface area contributed by atoms with Crippen molar-refractivity contribution in [2.24, 2.45) is 11.1 Å². The van der Waals surface area contributed by atoms with Gasteiger partial charge in [-0.05, 0) is 41.0 Å². The molecule has 90 valence electrons. The molecule has 0 aromatic heterocycles. The first-order valence-electron chi connectivity index (χ1n) is 5.72. The fourth-order valence-electron chi connectivity index (χ4n) is 1.20. The molecule has 0 aromatic carbocycles. The van der Waals surface area contributed by atoms with Crippen molar-refractivity contribution in [3.8, 4) is 0 Å². The Hall–Kier alpha value is -0.570. The lowest BCUT2D eigenvalue weighted by Crippen LogP contribution is -2.56. The summed E-state index contributed by atoms with van der Waals surface area (Å²) in [4.78, 5) is 12.0. The van der Waals surface area contributed by atoms with E-state index in [9.17, 15) is 4.79 Å². The maximum absolute atomic E-state index is 12.0. The molecule has 0 aliphatic carbocycles. The van der Waals surface area contributed by atoms with Gasteiger partial charge in [-0.15, -0.1) is 0 Å². The van der Waals surface area contributed by atoms with Crippen molar-refractivity contribution < 1.29 is 4.79 Å². The van der Waals surface area contributed by atoms with Crippen molar-refractivity contribution in [1.82, 2.24) is 5.32 Å². The van der Waals surface area contributed by atoms with Gasteiger partial charge in [-0.1, -0.05) is 13.3 Å².